The molecule has 0 fully saturated rings. The zero-order valence-corrected chi connectivity index (χ0v) is 17.4. The number of fused-ring (bicyclic) bond motifs is 2. The molecule has 1 aliphatic rings. The van der Waals surface area contributed by atoms with E-state index in [9.17, 15) is 9.59 Å². The largest absolute Gasteiger partial charge is 0.356 e. The molecule has 0 aliphatic carbocycles. The van der Waals surface area contributed by atoms with Crippen LogP contribution in [0.3, 0.4) is 0 Å². The summed E-state index contributed by atoms with van der Waals surface area (Å²) in [6.07, 6.45) is 1.34. The van der Waals surface area contributed by atoms with Gasteiger partial charge < -0.3 is 10.2 Å². The van der Waals surface area contributed by atoms with Crippen molar-refractivity contribution in [3.8, 4) is 11.8 Å². The highest BCUT2D eigenvalue weighted by Crippen LogP contribution is 2.26. The van der Waals surface area contributed by atoms with Crippen molar-refractivity contribution in [1.29, 1.82) is 0 Å². The molecule has 2 amide bonds. The number of benzene rings is 2. The van der Waals surface area contributed by atoms with Crippen LogP contribution in [0.5, 0.6) is 0 Å². The van der Waals surface area contributed by atoms with Gasteiger partial charge in [-0.05, 0) is 35.6 Å². The zero-order chi connectivity index (χ0) is 20.9. The average Bonchev–Trinajstić information content (AvgIpc) is 2.72. The molecular formula is C25H28N2O2. The van der Waals surface area contributed by atoms with Gasteiger partial charge in [0.25, 0.3) is 0 Å². The molecule has 0 radical (unpaired) electrons. The topological polar surface area (TPSA) is 49.4 Å². The molecule has 3 rings (SSSR count). The van der Waals surface area contributed by atoms with Crippen molar-refractivity contribution in [3.05, 3.63) is 65.2 Å². The quantitative estimate of drug-likeness (QED) is 0.752. The van der Waals surface area contributed by atoms with E-state index in [0.29, 0.717) is 13.1 Å². The number of hydrogen-bond donors (Lipinski definition) is 1. The number of carbonyl (C=O) groups is 2. The Kier molecular flexibility index (Phi) is 6.39. The molecule has 0 saturated heterocycles. The van der Waals surface area contributed by atoms with Crippen LogP contribution >= 0.6 is 0 Å². The van der Waals surface area contributed by atoms with Crippen LogP contribution < -0.4 is 10.2 Å². The predicted octanol–water partition coefficient (Wildman–Crippen LogP) is 4.27. The Balaban J connectivity index is 1.75. The maximum Gasteiger partial charge on any atom is 0.227 e. The van der Waals surface area contributed by atoms with Gasteiger partial charge in [0, 0.05) is 30.5 Å². The van der Waals surface area contributed by atoms with Crippen LogP contribution in [0.2, 0.25) is 0 Å². The third kappa shape index (κ3) is 5.26. The van der Waals surface area contributed by atoms with Gasteiger partial charge in [-0.25, -0.2) is 0 Å². The maximum atomic E-state index is 13.1. The van der Waals surface area contributed by atoms with Gasteiger partial charge in [0.2, 0.25) is 11.8 Å². The third-order valence-electron chi connectivity index (χ3n) is 5.46. The molecule has 0 atom stereocenters. The molecular weight excluding hydrogens is 360 g/mol. The first-order chi connectivity index (χ1) is 13.9. The van der Waals surface area contributed by atoms with Crippen molar-refractivity contribution in [2.45, 2.75) is 46.6 Å². The van der Waals surface area contributed by atoms with E-state index in [1.54, 1.807) is 4.90 Å². The molecule has 1 aliphatic heterocycles. The summed E-state index contributed by atoms with van der Waals surface area (Å²) in [6, 6.07) is 15.6. The fourth-order valence-electron chi connectivity index (χ4n) is 3.11. The highest BCUT2D eigenvalue weighted by Gasteiger charge is 2.22. The monoisotopic (exact) mass is 388 g/mol. The third-order valence-corrected chi connectivity index (χ3v) is 5.46. The van der Waals surface area contributed by atoms with E-state index >= 15 is 0 Å². The minimum absolute atomic E-state index is 0.0595. The van der Waals surface area contributed by atoms with E-state index in [1.807, 2.05) is 48.5 Å². The van der Waals surface area contributed by atoms with Gasteiger partial charge in [-0.2, -0.15) is 0 Å². The minimum Gasteiger partial charge on any atom is -0.356 e. The van der Waals surface area contributed by atoms with Gasteiger partial charge >= 0.3 is 0 Å². The summed E-state index contributed by atoms with van der Waals surface area (Å²) in [4.78, 5) is 27.1. The van der Waals surface area contributed by atoms with Crippen molar-refractivity contribution in [2.24, 2.45) is 5.41 Å². The van der Waals surface area contributed by atoms with Crippen molar-refractivity contribution >= 4 is 17.5 Å². The molecule has 0 spiro atoms. The number of hydrogen-bond acceptors (Lipinski definition) is 2. The molecule has 150 valence electrons. The highest BCUT2D eigenvalue weighted by molar-refractivity contribution is 5.96. The Hall–Kier alpha value is -3.06. The second-order valence-electron chi connectivity index (χ2n) is 8.20. The summed E-state index contributed by atoms with van der Waals surface area (Å²) in [5, 5.41) is 2.96. The summed E-state index contributed by atoms with van der Waals surface area (Å²) < 4.78 is 0. The Morgan fingerprint density at radius 1 is 1.00 bits per heavy atom. The molecule has 0 saturated carbocycles. The fourth-order valence-corrected chi connectivity index (χ4v) is 3.11. The Morgan fingerprint density at radius 2 is 1.66 bits per heavy atom. The van der Waals surface area contributed by atoms with Crippen LogP contribution in [0.15, 0.2) is 48.5 Å². The number of carbonyl (C=O) groups excluding carboxylic acids is 2. The standard InChI is InChI=1S/C25H28N2O2/c1-4-25(2,3)18-26-23(28)15-16-24(29)27-17-21-11-6-5-9-19(21)13-14-20-10-7-8-12-22(20)27/h5-12H,4,15-18H2,1-3H3,(H,26,28). The van der Waals surface area contributed by atoms with Crippen molar-refractivity contribution < 1.29 is 9.59 Å². The van der Waals surface area contributed by atoms with E-state index in [4.69, 9.17) is 0 Å². The molecule has 4 heteroatoms. The van der Waals surface area contributed by atoms with Crippen LogP contribution in [0.25, 0.3) is 0 Å². The number of anilines is 1. The Morgan fingerprint density at radius 3 is 2.41 bits per heavy atom. The van der Waals surface area contributed by atoms with Gasteiger partial charge in [0.15, 0.2) is 0 Å². The van der Waals surface area contributed by atoms with E-state index in [2.05, 4.69) is 37.9 Å². The molecule has 0 unspecified atom stereocenters. The highest BCUT2D eigenvalue weighted by atomic mass is 16.2. The van der Waals surface area contributed by atoms with Crippen LogP contribution in [0.1, 0.15) is 56.7 Å². The van der Waals surface area contributed by atoms with Crippen LogP contribution in [0, 0.1) is 17.3 Å². The number of amides is 2. The average molecular weight is 389 g/mol. The first kappa shape index (κ1) is 20.7. The Bertz CT molecular complexity index is 966. The van der Waals surface area contributed by atoms with E-state index in [-0.39, 0.29) is 30.1 Å². The molecule has 2 aromatic rings. The summed E-state index contributed by atoms with van der Waals surface area (Å²) >= 11 is 0. The first-order valence-corrected chi connectivity index (χ1v) is 10.2. The number of nitrogens with one attached hydrogen (secondary N) is 1. The lowest BCUT2D eigenvalue weighted by Gasteiger charge is -2.26. The molecule has 29 heavy (non-hydrogen) atoms. The van der Waals surface area contributed by atoms with Gasteiger partial charge in [0.1, 0.15) is 0 Å². The number of rotatable bonds is 6. The van der Waals surface area contributed by atoms with Gasteiger partial charge in [0.05, 0.1) is 12.2 Å². The lowest BCUT2D eigenvalue weighted by atomic mass is 9.90. The van der Waals surface area contributed by atoms with Gasteiger partial charge in [-0.3, -0.25) is 9.59 Å². The van der Waals surface area contributed by atoms with E-state index in [1.165, 1.54) is 0 Å². The Labute approximate surface area is 173 Å². The smallest absolute Gasteiger partial charge is 0.227 e. The fraction of sp³-hybridized carbons (Fsp3) is 0.360. The van der Waals surface area contributed by atoms with Crippen LogP contribution in [-0.2, 0) is 16.1 Å². The molecule has 1 N–H and O–H groups in total. The summed E-state index contributed by atoms with van der Waals surface area (Å²) in [6.45, 7) is 7.41. The molecule has 4 nitrogen and oxygen atoms in total. The van der Waals surface area contributed by atoms with Crippen LogP contribution in [0.4, 0.5) is 5.69 Å². The summed E-state index contributed by atoms with van der Waals surface area (Å²) in [5.74, 6) is 6.25. The van der Waals surface area contributed by atoms with Gasteiger partial charge in [-0.15, -0.1) is 0 Å². The molecule has 0 aromatic heterocycles. The summed E-state index contributed by atoms with van der Waals surface area (Å²) in [7, 11) is 0. The van der Waals surface area contributed by atoms with Gasteiger partial charge in [-0.1, -0.05) is 62.9 Å². The van der Waals surface area contributed by atoms with Crippen molar-refractivity contribution in [1.82, 2.24) is 5.32 Å². The van der Waals surface area contributed by atoms with E-state index in [0.717, 1.165) is 28.8 Å². The SMILES string of the molecule is CCC(C)(C)CNC(=O)CCC(=O)N1Cc2ccccc2C#Cc2ccccc21. The lowest BCUT2D eigenvalue weighted by Crippen LogP contribution is -2.36. The van der Waals surface area contributed by atoms with Crippen molar-refractivity contribution in [3.63, 3.8) is 0 Å². The molecule has 0 bridgehead atoms. The molecule has 1 heterocycles. The molecule has 2 aromatic carbocycles. The first-order valence-electron chi connectivity index (χ1n) is 10.2. The lowest BCUT2D eigenvalue weighted by molar-refractivity contribution is -0.125. The maximum absolute atomic E-state index is 13.1. The van der Waals surface area contributed by atoms with Crippen LogP contribution in [-0.4, -0.2) is 18.4 Å². The zero-order valence-electron chi connectivity index (χ0n) is 17.4. The normalized spacial score (nSPS) is 12.6. The predicted molar refractivity (Wildman–Crippen MR) is 116 cm³/mol. The second-order valence-corrected chi connectivity index (χ2v) is 8.20. The van der Waals surface area contributed by atoms with Crippen molar-refractivity contribution in [2.75, 3.05) is 11.4 Å². The number of nitrogens with zero attached hydrogens (tertiary/aromatic N) is 1. The number of para-hydroxylation sites is 1. The second kappa shape index (κ2) is 8.96. The summed E-state index contributed by atoms with van der Waals surface area (Å²) in [5.41, 5.74) is 3.62. The van der Waals surface area contributed by atoms with E-state index < -0.39 is 0 Å². The minimum atomic E-state index is -0.0830.